The molecular weight excluding hydrogens is 434 g/mol. The van der Waals surface area contributed by atoms with E-state index < -0.39 is 0 Å². The number of nitriles is 1. The first-order valence-corrected chi connectivity index (χ1v) is 11.2. The van der Waals surface area contributed by atoms with E-state index in [1.165, 1.54) is 0 Å². The van der Waals surface area contributed by atoms with Crippen LogP contribution in [0.3, 0.4) is 0 Å². The Morgan fingerprint density at radius 1 is 0.971 bits per heavy atom. The number of nitrogens with zero attached hydrogens (tertiary/aromatic N) is 6. The zero-order valence-electron chi connectivity index (χ0n) is 19.7. The van der Waals surface area contributed by atoms with E-state index in [0.717, 1.165) is 50.5 Å². The van der Waals surface area contributed by atoms with Gasteiger partial charge in [-0.05, 0) is 25.5 Å². The molecule has 0 radical (unpaired) electrons. The number of fused-ring (bicyclic) bond motifs is 1. The van der Waals surface area contributed by atoms with Crippen LogP contribution in [0.25, 0.3) is 11.0 Å². The maximum atomic E-state index is 9.19. The number of aliphatic imine (C=N–C) groups is 1. The third-order valence-electron chi connectivity index (χ3n) is 5.95. The highest BCUT2D eigenvalue weighted by molar-refractivity contribution is 6.14. The second kappa shape index (κ2) is 9.20. The average molecular weight is 458 g/mol. The number of nitrogens with one attached hydrogen (secondary N) is 1. The first kappa shape index (κ1) is 22.0. The van der Waals surface area contributed by atoms with Crippen molar-refractivity contribution in [3.63, 3.8) is 0 Å². The Labute approximate surface area is 203 Å². The van der Waals surface area contributed by atoms with Crippen LogP contribution < -0.4 is 4.90 Å². The van der Waals surface area contributed by atoms with E-state index in [1.807, 2.05) is 86.5 Å². The first-order chi connectivity index (χ1) is 17.1. The number of rotatable bonds is 5. The van der Waals surface area contributed by atoms with Gasteiger partial charge in [0.1, 0.15) is 23.1 Å². The molecule has 1 N–H and O–H groups in total. The molecule has 0 aliphatic rings. The maximum absolute atomic E-state index is 9.19. The Kier molecular flexibility index (Phi) is 5.78. The Bertz CT molecular complexity index is 1540. The van der Waals surface area contributed by atoms with E-state index in [-0.39, 0.29) is 0 Å². The summed E-state index contributed by atoms with van der Waals surface area (Å²) in [7, 11) is 1.94. The summed E-state index contributed by atoms with van der Waals surface area (Å²) in [5.74, 6) is 1.27. The normalized spacial score (nSPS) is 10.7. The summed E-state index contributed by atoms with van der Waals surface area (Å²) in [4.78, 5) is 24.1. The molecule has 7 nitrogen and oxygen atoms in total. The molecule has 0 saturated heterocycles. The van der Waals surface area contributed by atoms with Gasteiger partial charge in [-0.1, -0.05) is 60.7 Å². The quantitative estimate of drug-likeness (QED) is 0.338. The number of aryl methyl sites for hydroxylation is 2. The summed E-state index contributed by atoms with van der Waals surface area (Å²) >= 11 is 0. The molecule has 7 heteroatoms. The van der Waals surface area contributed by atoms with E-state index in [9.17, 15) is 5.26 Å². The molecule has 0 bridgehead atoms. The topological polar surface area (TPSA) is 93.9 Å². The largest absolute Gasteiger partial charge is 0.341 e. The molecule has 170 valence electrons. The molecule has 0 amide bonds. The molecule has 3 heterocycles. The minimum atomic E-state index is 0.382. The van der Waals surface area contributed by atoms with Crippen LogP contribution in [-0.4, -0.2) is 32.7 Å². The molecule has 0 unspecified atom stereocenters. The first-order valence-electron chi connectivity index (χ1n) is 11.2. The minimum Gasteiger partial charge on any atom is -0.341 e. The van der Waals surface area contributed by atoms with E-state index >= 15 is 0 Å². The number of hydrogen-bond donors (Lipinski definition) is 1. The van der Waals surface area contributed by atoms with Crippen molar-refractivity contribution in [2.45, 2.75) is 13.8 Å². The monoisotopic (exact) mass is 457 g/mol. The number of pyridine rings is 2. The molecule has 0 aliphatic heterocycles. The number of imidazole rings is 1. The lowest BCUT2D eigenvalue weighted by atomic mass is 10.0. The number of anilines is 2. The number of benzene rings is 2. The van der Waals surface area contributed by atoms with Gasteiger partial charge in [0.25, 0.3) is 0 Å². The van der Waals surface area contributed by atoms with Crippen molar-refractivity contribution >= 4 is 34.1 Å². The molecule has 3 aromatic heterocycles. The minimum absolute atomic E-state index is 0.382. The van der Waals surface area contributed by atoms with Gasteiger partial charge >= 0.3 is 0 Å². The lowest BCUT2D eigenvalue weighted by molar-refractivity contribution is 1.08. The van der Waals surface area contributed by atoms with Gasteiger partial charge in [-0.15, -0.1) is 0 Å². The van der Waals surface area contributed by atoms with Crippen LogP contribution in [0.2, 0.25) is 0 Å². The zero-order chi connectivity index (χ0) is 24.4. The van der Waals surface area contributed by atoms with Crippen molar-refractivity contribution in [1.29, 1.82) is 5.26 Å². The van der Waals surface area contributed by atoms with E-state index in [1.54, 1.807) is 18.6 Å². The van der Waals surface area contributed by atoms with E-state index in [2.05, 4.69) is 21.0 Å². The third kappa shape index (κ3) is 4.13. The lowest BCUT2D eigenvalue weighted by Gasteiger charge is -2.22. The highest BCUT2D eigenvalue weighted by Gasteiger charge is 2.19. The van der Waals surface area contributed by atoms with Gasteiger partial charge in [-0.25, -0.2) is 19.9 Å². The van der Waals surface area contributed by atoms with Crippen molar-refractivity contribution in [3.8, 4) is 6.07 Å². The van der Waals surface area contributed by atoms with Crippen LogP contribution in [0.15, 0.2) is 84.2 Å². The molecular formula is C28H23N7. The predicted octanol–water partition coefficient (Wildman–Crippen LogP) is 5.78. The van der Waals surface area contributed by atoms with Crippen LogP contribution >= 0.6 is 0 Å². The van der Waals surface area contributed by atoms with Gasteiger partial charge in [0.15, 0.2) is 5.82 Å². The molecule has 0 saturated carbocycles. The fraction of sp³-hybridized carbons (Fsp3) is 0.107. The second-order valence-corrected chi connectivity index (χ2v) is 8.23. The number of aromatic nitrogens is 4. The van der Waals surface area contributed by atoms with Gasteiger partial charge < -0.3 is 9.88 Å². The van der Waals surface area contributed by atoms with Crippen molar-refractivity contribution < 1.29 is 0 Å². The Hall–Kier alpha value is -4.83. The maximum Gasteiger partial charge on any atom is 0.180 e. The van der Waals surface area contributed by atoms with Crippen LogP contribution in [-0.2, 0) is 0 Å². The molecule has 5 aromatic rings. The van der Waals surface area contributed by atoms with Crippen LogP contribution in [0.4, 0.5) is 17.3 Å². The van der Waals surface area contributed by atoms with Gasteiger partial charge in [-0.3, -0.25) is 0 Å². The van der Waals surface area contributed by atoms with Crippen molar-refractivity contribution in [2.75, 3.05) is 11.9 Å². The van der Waals surface area contributed by atoms with Crippen LogP contribution in [0.5, 0.6) is 0 Å². The molecule has 2 aromatic carbocycles. The van der Waals surface area contributed by atoms with Crippen molar-refractivity contribution in [1.82, 2.24) is 19.9 Å². The highest BCUT2D eigenvalue weighted by atomic mass is 15.2. The number of hydrogen-bond acceptors (Lipinski definition) is 6. The second-order valence-electron chi connectivity index (χ2n) is 8.23. The molecule has 5 rings (SSSR count). The van der Waals surface area contributed by atoms with Gasteiger partial charge in [0.2, 0.25) is 0 Å². The number of aromatic amines is 1. The van der Waals surface area contributed by atoms with Crippen LogP contribution in [0.1, 0.15) is 27.9 Å². The van der Waals surface area contributed by atoms with Crippen molar-refractivity contribution in [2.24, 2.45) is 4.99 Å². The smallest absolute Gasteiger partial charge is 0.180 e. The fourth-order valence-corrected chi connectivity index (χ4v) is 4.17. The summed E-state index contributed by atoms with van der Waals surface area (Å²) in [6.45, 7) is 3.95. The van der Waals surface area contributed by atoms with Gasteiger partial charge in [0, 0.05) is 23.7 Å². The summed E-state index contributed by atoms with van der Waals surface area (Å²) in [5, 5.41) is 9.19. The van der Waals surface area contributed by atoms with E-state index in [4.69, 9.17) is 9.98 Å². The summed E-state index contributed by atoms with van der Waals surface area (Å²) < 4.78 is 0. The molecule has 0 atom stereocenters. The summed E-state index contributed by atoms with van der Waals surface area (Å²) in [6.07, 6.45) is 3.37. The summed E-state index contributed by atoms with van der Waals surface area (Å²) in [6, 6.07) is 24.0. The zero-order valence-corrected chi connectivity index (χ0v) is 19.7. The molecule has 0 spiro atoms. The van der Waals surface area contributed by atoms with Crippen LogP contribution in [0, 0.1) is 25.2 Å². The third-order valence-corrected chi connectivity index (χ3v) is 5.95. The lowest BCUT2D eigenvalue weighted by Crippen LogP contribution is -2.15. The predicted molar refractivity (Wildman–Crippen MR) is 139 cm³/mol. The molecule has 35 heavy (non-hydrogen) atoms. The van der Waals surface area contributed by atoms with Gasteiger partial charge in [0.05, 0.1) is 29.4 Å². The Morgan fingerprint density at radius 2 is 1.63 bits per heavy atom. The highest BCUT2D eigenvalue weighted by Crippen LogP contribution is 2.35. The standard InChI is InChI=1S/C28H23N7/c1-18-14-22(15-29)30-16-23(18)35(3)28-19(2)24-26(32-17-31-24)27(34-28)33-25(20-10-6-4-7-11-20)21-12-8-5-9-13-21/h4-14,16-17H,1-3H3,(H,31,32). The SMILES string of the molecule is Cc1cc(C#N)ncc1N(C)c1nc(N=C(c2ccccc2)c2ccccc2)c2[nH]cnc2c1C. The number of H-pyrrole nitrogens is 1. The van der Waals surface area contributed by atoms with E-state index in [0.29, 0.717) is 11.5 Å². The molecule has 0 fully saturated rings. The Balaban J connectivity index is 1.71. The van der Waals surface area contributed by atoms with Crippen molar-refractivity contribution in [3.05, 3.63) is 107 Å². The molecule has 0 aliphatic carbocycles. The fourth-order valence-electron chi connectivity index (χ4n) is 4.17. The Morgan fingerprint density at radius 3 is 2.23 bits per heavy atom. The van der Waals surface area contributed by atoms with Gasteiger partial charge in [-0.2, -0.15) is 5.26 Å². The summed E-state index contributed by atoms with van der Waals surface area (Å²) in [5.41, 5.74) is 7.49. The average Bonchev–Trinajstić information content (AvgIpc) is 3.40.